The Bertz CT molecular complexity index is 873. The first-order chi connectivity index (χ1) is 12.5. The topological polar surface area (TPSA) is 47.9 Å². The molecule has 0 radical (unpaired) electrons. The van der Waals surface area contributed by atoms with Crippen LogP contribution in [0.4, 0.5) is 11.4 Å². The van der Waals surface area contributed by atoms with E-state index < -0.39 is 0 Å². The number of anilines is 2. The molecule has 0 fully saturated rings. The molecule has 0 atom stereocenters. The molecule has 0 saturated carbocycles. The van der Waals surface area contributed by atoms with E-state index in [4.69, 9.17) is 34.8 Å². The highest BCUT2D eigenvalue weighted by Gasteiger charge is 2.27. The maximum absolute atomic E-state index is 10.7. The molecule has 0 saturated heterocycles. The normalized spacial score (nSPS) is 16.0. The Morgan fingerprint density at radius 1 is 1.04 bits per heavy atom. The van der Waals surface area contributed by atoms with E-state index in [9.17, 15) is 5.11 Å². The largest absolute Gasteiger partial charge is 0.507 e. The maximum Gasteiger partial charge on any atom is 0.129 e. The average Bonchev–Trinajstić information content (AvgIpc) is 2.61. The lowest BCUT2D eigenvalue weighted by molar-refractivity contribution is 0.461. The summed E-state index contributed by atoms with van der Waals surface area (Å²) in [6.45, 7) is 2.14. The third kappa shape index (κ3) is 3.22. The van der Waals surface area contributed by atoms with Crippen LogP contribution < -0.4 is 10.3 Å². The van der Waals surface area contributed by atoms with Gasteiger partial charge in [-0.05, 0) is 49.4 Å². The third-order valence-electron chi connectivity index (χ3n) is 4.91. The Morgan fingerprint density at radius 3 is 2.46 bits per heavy atom. The van der Waals surface area contributed by atoms with Gasteiger partial charge in [-0.2, -0.15) is 5.10 Å². The minimum atomic E-state index is 0.314. The van der Waals surface area contributed by atoms with Crippen LogP contribution >= 0.6 is 34.8 Å². The number of benzene rings is 2. The molecule has 4 nitrogen and oxygen atoms in total. The summed E-state index contributed by atoms with van der Waals surface area (Å²) < 4.78 is 0. The van der Waals surface area contributed by atoms with Gasteiger partial charge in [-0.3, -0.25) is 5.43 Å². The standard InChI is InChI=1S/C19H18Cl3N3O/c20-13-8-15(21)17(16(22)9-13)24-23-10-12-7-11-3-1-5-25-6-2-4-14(18(11)25)19(12)26/h7-10,24,26H,1-6H2/b23-10-. The van der Waals surface area contributed by atoms with Crippen molar-refractivity contribution >= 4 is 52.4 Å². The molecule has 0 amide bonds. The predicted octanol–water partition coefficient (Wildman–Crippen LogP) is 5.50. The molecule has 2 aliphatic heterocycles. The van der Waals surface area contributed by atoms with Crippen LogP contribution in [0.5, 0.6) is 5.75 Å². The number of nitrogens with zero attached hydrogens (tertiary/aromatic N) is 2. The number of hydrogen-bond acceptors (Lipinski definition) is 4. The van der Waals surface area contributed by atoms with Gasteiger partial charge in [-0.15, -0.1) is 0 Å². The SMILES string of the molecule is Oc1c(/C=N\Nc2c(Cl)cc(Cl)cc2Cl)cc2c3c1CCCN3CCC2. The summed E-state index contributed by atoms with van der Waals surface area (Å²) in [5.41, 5.74) is 7.59. The lowest BCUT2D eigenvalue weighted by Crippen LogP contribution is -2.34. The molecule has 2 aliphatic rings. The molecule has 0 bridgehead atoms. The van der Waals surface area contributed by atoms with Crippen LogP contribution in [0, 0.1) is 0 Å². The zero-order valence-corrected chi connectivity index (χ0v) is 16.3. The number of phenols is 1. The van der Waals surface area contributed by atoms with E-state index in [0.29, 0.717) is 32.1 Å². The molecule has 2 N–H and O–H groups in total. The molecule has 2 aromatic rings. The van der Waals surface area contributed by atoms with Gasteiger partial charge < -0.3 is 10.0 Å². The number of rotatable bonds is 3. The van der Waals surface area contributed by atoms with Crippen molar-refractivity contribution in [3.05, 3.63) is 50.0 Å². The van der Waals surface area contributed by atoms with Gasteiger partial charge in [0.1, 0.15) is 5.75 Å². The Kier molecular flexibility index (Phi) is 4.91. The highest BCUT2D eigenvalue weighted by Crippen LogP contribution is 2.41. The molecule has 136 valence electrons. The van der Waals surface area contributed by atoms with E-state index in [1.165, 1.54) is 11.3 Å². The second-order valence-electron chi connectivity index (χ2n) is 6.61. The van der Waals surface area contributed by atoms with Crippen LogP contribution in [0.3, 0.4) is 0 Å². The number of nitrogens with one attached hydrogen (secondary N) is 1. The number of phenolic OH excluding ortho intramolecular Hbond substituents is 1. The summed E-state index contributed by atoms with van der Waals surface area (Å²) in [5.74, 6) is 0.314. The van der Waals surface area contributed by atoms with Crippen LogP contribution in [0.1, 0.15) is 29.5 Å². The summed E-state index contributed by atoms with van der Waals surface area (Å²) in [5, 5.41) is 16.2. The van der Waals surface area contributed by atoms with Crippen molar-refractivity contribution in [2.24, 2.45) is 5.10 Å². The molecule has 0 unspecified atom stereocenters. The molecular formula is C19H18Cl3N3O. The first-order valence-corrected chi connectivity index (χ1v) is 9.74. The second kappa shape index (κ2) is 7.18. The Labute approximate surface area is 167 Å². The van der Waals surface area contributed by atoms with Gasteiger partial charge in [0.05, 0.1) is 21.9 Å². The third-order valence-corrected chi connectivity index (χ3v) is 5.73. The summed E-state index contributed by atoms with van der Waals surface area (Å²) in [6, 6.07) is 5.23. The summed E-state index contributed by atoms with van der Waals surface area (Å²) >= 11 is 18.2. The maximum atomic E-state index is 10.7. The quantitative estimate of drug-likeness (QED) is 0.519. The highest BCUT2D eigenvalue weighted by atomic mass is 35.5. The molecule has 0 aromatic heterocycles. The summed E-state index contributed by atoms with van der Waals surface area (Å²) in [7, 11) is 0. The van der Waals surface area contributed by atoms with Crippen molar-refractivity contribution in [2.75, 3.05) is 23.4 Å². The van der Waals surface area contributed by atoms with Gasteiger partial charge in [-0.25, -0.2) is 0 Å². The van der Waals surface area contributed by atoms with Gasteiger partial charge >= 0.3 is 0 Å². The highest BCUT2D eigenvalue weighted by molar-refractivity contribution is 6.41. The number of halogens is 3. The van der Waals surface area contributed by atoms with Gasteiger partial charge in [0.2, 0.25) is 0 Å². The minimum Gasteiger partial charge on any atom is -0.507 e. The zero-order valence-electron chi connectivity index (χ0n) is 14.0. The summed E-state index contributed by atoms with van der Waals surface area (Å²) in [4.78, 5) is 2.39. The molecular weight excluding hydrogens is 393 g/mol. The van der Waals surface area contributed by atoms with Crippen LogP contribution in [-0.4, -0.2) is 24.4 Å². The first-order valence-electron chi connectivity index (χ1n) is 8.61. The fourth-order valence-electron chi connectivity index (χ4n) is 3.78. The second-order valence-corrected chi connectivity index (χ2v) is 7.86. The lowest BCUT2D eigenvalue weighted by atomic mass is 9.89. The molecule has 7 heteroatoms. The number of aromatic hydroxyl groups is 1. The first kappa shape index (κ1) is 17.8. The summed E-state index contributed by atoms with van der Waals surface area (Å²) in [6.07, 6.45) is 5.74. The van der Waals surface area contributed by atoms with Crippen molar-refractivity contribution in [3.63, 3.8) is 0 Å². The monoisotopic (exact) mass is 409 g/mol. The fourth-order valence-corrected chi connectivity index (χ4v) is 4.68. The van der Waals surface area contributed by atoms with E-state index in [1.807, 2.05) is 6.07 Å². The van der Waals surface area contributed by atoms with Crippen molar-refractivity contribution in [1.29, 1.82) is 0 Å². The Balaban J connectivity index is 1.64. The van der Waals surface area contributed by atoms with Crippen LogP contribution in [0.15, 0.2) is 23.3 Å². The van der Waals surface area contributed by atoms with E-state index in [2.05, 4.69) is 15.4 Å². The van der Waals surface area contributed by atoms with Gasteiger partial charge in [0.25, 0.3) is 0 Å². The average molecular weight is 411 g/mol. The molecule has 4 rings (SSSR count). The minimum absolute atomic E-state index is 0.314. The number of aryl methyl sites for hydroxylation is 1. The molecule has 0 aliphatic carbocycles. The van der Waals surface area contributed by atoms with E-state index in [0.717, 1.165) is 44.3 Å². The predicted molar refractivity (Wildman–Crippen MR) is 110 cm³/mol. The smallest absolute Gasteiger partial charge is 0.129 e. The molecule has 2 heterocycles. The van der Waals surface area contributed by atoms with Crippen molar-refractivity contribution < 1.29 is 5.11 Å². The fraction of sp³-hybridized carbons (Fsp3) is 0.316. The van der Waals surface area contributed by atoms with Gasteiger partial charge in [-0.1, -0.05) is 34.8 Å². The lowest BCUT2D eigenvalue weighted by Gasteiger charge is -2.37. The molecule has 0 spiro atoms. The van der Waals surface area contributed by atoms with Crippen LogP contribution in [0.25, 0.3) is 0 Å². The van der Waals surface area contributed by atoms with Gasteiger partial charge in [0.15, 0.2) is 0 Å². The van der Waals surface area contributed by atoms with Crippen molar-refractivity contribution in [3.8, 4) is 5.75 Å². The van der Waals surface area contributed by atoms with E-state index >= 15 is 0 Å². The molecule has 2 aromatic carbocycles. The molecule has 26 heavy (non-hydrogen) atoms. The van der Waals surface area contributed by atoms with Crippen LogP contribution in [0.2, 0.25) is 15.1 Å². The van der Waals surface area contributed by atoms with Crippen molar-refractivity contribution in [1.82, 2.24) is 0 Å². The number of hydrogen-bond donors (Lipinski definition) is 2. The van der Waals surface area contributed by atoms with Crippen LogP contribution in [-0.2, 0) is 12.8 Å². The Hall–Kier alpha value is -1.62. The Morgan fingerprint density at radius 2 is 1.73 bits per heavy atom. The van der Waals surface area contributed by atoms with Crippen molar-refractivity contribution in [2.45, 2.75) is 25.7 Å². The van der Waals surface area contributed by atoms with E-state index in [-0.39, 0.29) is 0 Å². The number of hydrazone groups is 1. The zero-order chi connectivity index (χ0) is 18.3. The van der Waals surface area contributed by atoms with Gasteiger partial charge in [0, 0.05) is 34.9 Å². The van der Waals surface area contributed by atoms with E-state index in [1.54, 1.807) is 18.3 Å².